The molecule has 0 amide bonds. The Labute approximate surface area is 179 Å². The molecule has 3 aromatic rings. The van der Waals surface area contributed by atoms with Gasteiger partial charge in [-0.05, 0) is 36.6 Å². The van der Waals surface area contributed by atoms with Crippen LogP contribution in [0.3, 0.4) is 0 Å². The van der Waals surface area contributed by atoms with E-state index in [4.69, 9.17) is 11.6 Å². The van der Waals surface area contributed by atoms with E-state index in [1.807, 2.05) is 13.8 Å². The molecule has 30 heavy (non-hydrogen) atoms. The van der Waals surface area contributed by atoms with Gasteiger partial charge in [0.25, 0.3) is 5.56 Å². The minimum atomic E-state index is -3.31. The van der Waals surface area contributed by atoms with Crippen LogP contribution in [0.25, 0.3) is 11.2 Å². The van der Waals surface area contributed by atoms with Gasteiger partial charge in [-0.15, -0.1) is 0 Å². The molecule has 0 spiro atoms. The fourth-order valence-corrected chi connectivity index (χ4v) is 4.08. The summed E-state index contributed by atoms with van der Waals surface area (Å²) in [4.78, 5) is 30.0. The number of halogens is 1. The number of sulfone groups is 1. The molecule has 0 atom stereocenters. The summed E-state index contributed by atoms with van der Waals surface area (Å²) >= 11 is 5.94. The van der Waals surface area contributed by atoms with Crippen LogP contribution >= 0.6 is 11.6 Å². The van der Waals surface area contributed by atoms with Crippen LogP contribution in [0.15, 0.2) is 34.2 Å². The molecule has 160 valence electrons. The molecule has 3 aromatic heterocycles. The van der Waals surface area contributed by atoms with Crippen LogP contribution in [-0.2, 0) is 16.4 Å². The van der Waals surface area contributed by atoms with E-state index in [1.54, 1.807) is 17.6 Å². The Balaban J connectivity index is 1.96. The molecule has 0 aliphatic rings. The molecule has 1 N–H and O–H groups in total. The molecular formula is C19H23ClN6O3S. The molecular weight excluding hydrogens is 428 g/mol. The van der Waals surface area contributed by atoms with E-state index in [1.165, 1.54) is 18.5 Å². The number of aromatic nitrogens is 5. The second-order valence-corrected chi connectivity index (χ2v) is 9.31. The molecule has 0 fully saturated rings. The fourth-order valence-electron chi connectivity index (χ4n) is 3.13. The maximum atomic E-state index is 13.1. The van der Waals surface area contributed by atoms with Crippen LogP contribution in [0.5, 0.6) is 0 Å². The normalized spacial score (nSPS) is 11.9. The zero-order chi connectivity index (χ0) is 21.9. The average Bonchev–Trinajstić information content (AvgIpc) is 2.75. The molecule has 0 saturated heterocycles. The molecule has 3 heterocycles. The molecule has 0 radical (unpaired) electrons. The number of fused-ring (bicyclic) bond motifs is 1. The first-order chi connectivity index (χ1) is 14.3. The fraction of sp³-hybridized carbons (Fsp3) is 0.421. The Hall–Kier alpha value is -2.59. The number of pyridine rings is 1. The Kier molecular flexibility index (Phi) is 6.67. The molecule has 0 aliphatic heterocycles. The number of hydrogen-bond donors (Lipinski definition) is 1. The molecule has 11 heteroatoms. The largest absolute Gasteiger partial charge is 0.360 e. The van der Waals surface area contributed by atoms with Gasteiger partial charge in [0.05, 0.1) is 29.1 Å². The first kappa shape index (κ1) is 22.1. The van der Waals surface area contributed by atoms with E-state index in [-0.39, 0.29) is 39.9 Å². The van der Waals surface area contributed by atoms with Gasteiger partial charge in [-0.25, -0.2) is 18.4 Å². The van der Waals surface area contributed by atoms with Crippen molar-refractivity contribution in [3.63, 3.8) is 0 Å². The van der Waals surface area contributed by atoms with E-state index >= 15 is 0 Å². The van der Waals surface area contributed by atoms with Crippen molar-refractivity contribution in [2.75, 3.05) is 11.1 Å². The van der Waals surface area contributed by atoms with Crippen molar-refractivity contribution in [2.24, 2.45) is 0 Å². The van der Waals surface area contributed by atoms with Crippen LogP contribution in [0.2, 0.25) is 5.28 Å². The topological polar surface area (TPSA) is 120 Å². The monoisotopic (exact) mass is 450 g/mol. The lowest BCUT2D eigenvalue weighted by molar-refractivity contribution is 0.469. The van der Waals surface area contributed by atoms with Crippen LogP contribution in [0.1, 0.15) is 45.3 Å². The van der Waals surface area contributed by atoms with Crippen molar-refractivity contribution in [1.82, 2.24) is 24.5 Å². The minimum Gasteiger partial charge on any atom is -0.360 e. The summed E-state index contributed by atoms with van der Waals surface area (Å²) in [5.74, 6) is 0.155. The van der Waals surface area contributed by atoms with Crippen molar-refractivity contribution in [3.8, 4) is 0 Å². The van der Waals surface area contributed by atoms with Gasteiger partial charge in [0.1, 0.15) is 5.52 Å². The van der Waals surface area contributed by atoms with Crippen molar-refractivity contribution in [1.29, 1.82) is 0 Å². The summed E-state index contributed by atoms with van der Waals surface area (Å²) in [7, 11) is -3.31. The Morgan fingerprint density at radius 3 is 2.43 bits per heavy atom. The van der Waals surface area contributed by atoms with E-state index in [0.717, 1.165) is 12.8 Å². The van der Waals surface area contributed by atoms with E-state index in [2.05, 4.69) is 25.3 Å². The Bertz CT molecular complexity index is 1210. The van der Waals surface area contributed by atoms with Gasteiger partial charge in [-0.1, -0.05) is 20.8 Å². The lowest BCUT2D eigenvalue weighted by Crippen LogP contribution is -2.29. The highest BCUT2D eigenvalue weighted by Crippen LogP contribution is 2.20. The van der Waals surface area contributed by atoms with Gasteiger partial charge >= 0.3 is 0 Å². The smallest absolute Gasteiger partial charge is 0.295 e. The summed E-state index contributed by atoms with van der Waals surface area (Å²) in [6, 6.07) is 3.06. The van der Waals surface area contributed by atoms with Crippen LogP contribution < -0.4 is 10.9 Å². The molecule has 0 unspecified atom stereocenters. The quantitative estimate of drug-likeness (QED) is 0.520. The summed E-state index contributed by atoms with van der Waals surface area (Å²) in [5, 5.41) is 3.06. The Morgan fingerprint density at radius 1 is 1.10 bits per heavy atom. The van der Waals surface area contributed by atoms with Crippen molar-refractivity contribution >= 4 is 38.4 Å². The van der Waals surface area contributed by atoms with Crippen LogP contribution in [0.4, 0.5) is 5.82 Å². The summed E-state index contributed by atoms with van der Waals surface area (Å²) < 4.78 is 25.4. The second kappa shape index (κ2) is 9.05. The number of nitrogens with one attached hydrogen (secondary N) is 1. The Morgan fingerprint density at radius 2 is 1.83 bits per heavy atom. The molecule has 3 rings (SSSR count). The lowest BCUT2D eigenvalue weighted by Gasteiger charge is -2.19. The predicted molar refractivity (Wildman–Crippen MR) is 116 cm³/mol. The highest BCUT2D eigenvalue weighted by atomic mass is 35.5. The third kappa shape index (κ3) is 4.44. The molecule has 0 bridgehead atoms. The van der Waals surface area contributed by atoms with Crippen molar-refractivity contribution in [3.05, 3.63) is 45.9 Å². The summed E-state index contributed by atoms with van der Waals surface area (Å²) in [6.45, 7) is 5.78. The maximum Gasteiger partial charge on any atom is 0.295 e. The summed E-state index contributed by atoms with van der Waals surface area (Å²) in [6.07, 6.45) is 4.29. The molecule has 0 aromatic carbocycles. The number of nitrogens with zero attached hydrogens (tertiary/aromatic N) is 5. The van der Waals surface area contributed by atoms with Gasteiger partial charge in [-0.2, -0.15) is 4.98 Å². The first-order valence-corrected chi connectivity index (χ1v) is 11.7. The lowest BCUT2D eigenvalue weighted by atomic mass is 10.1. The molecule has 0 aliphatic carbocycles. The average molecular weight is 451 g/mol. The van der Waals surface area contributed by atoms with Gasteiger partial charge in [0.2, 0.25) is 5.28 Å². The van der Waals surface area contributed by atoms with E-state index in [0.29, 0.717) is 16.9 Å². The van der Waals surface area contributed by atoms with Gasteiger partial charge in [0.15, 0.2) is 21.3 Å². The maximum absolute atomic E-state index is 13.1. The highest BCUT2D eigenvalue weighted by Gasteiger charge is 2.18. The van der Waals surface area contributed by atoms with Gasteiger partial charge < -0.3 is 5.32 Å². The molecule has 0 saturated carbocycles. The number of rotatable bonds is 8. The first-order valence-electron chi connectivity index (χ1n) is 9.67. The van der Waals surface area contributed by atoms with Crippen LogP contribution in [0, 0.1) is 0 Å². The van der Waals surface area contributed by atoms with Crippen molar-refractivity contribution in [2.45, 2.75) is 51.1 Å². The number of anilines is 1. The van der Waals surface area contributed by atoms with E-state index in [9.17, 15) is 13.2 Å². The highest BCUT2D eigenvalue weighted by molar-refractivity contribution is 7.91. The van der Waals surface area contributed by atoms with E-state index < -0.39 is 9.84 Å². The predicted octanol–water partition coefficient (Wildman–Crippen LogP) is 3.00. The molecule has 9 nitrogen and oxygen atoms in total. The summed E-state index contributed by atoms with van der Waals surface area (Å²) in [5.41, 5.74) is 1.11. The van der Waals surface area contributed by atoms with Gasteiger partial charge in [0, 0.05) is 12.2 Å². The second-order valence-electron chi connectivity index (χ2n) is 6.70. The number of hydrogen-bond acceptors (Lipinski definition) is 8. The zero-order valence-corrected chi connectivity index (χ0v) is 18.5. The third-order valence-corrected chi connectivity index (χ3v) is 6.79. The third-order valence-electron chi connectivity index (χ3n) is 4.88. The minimum absolute atomic E-state index is 0.00887. The van der Waals surface area contributed by atoms with Gasteiger partial charge in [-0.3, -0.25) is 14.3 Å². The SMILES string of the molecule is CCC(CC)n1c(=O)c(NCc2ccc(S(=O)(=O)CC)cn2)nc2cnc(Cl)nc21. The van der Waals surface area contributed by atoms with Crippen LogP contribution in [-0.4, -0.2) is 38.7 Å². The zero-order valence-electron chi connectivity index (χ0n) is 17.0. The standard InChI is InChI=1S/C19H23ClN6O3S/c1-4-13(5-2)26-17-15(11-23-19(20)25-17)24-16(18(26)27)22-9-12-7-8-14(10-21-12)30(28,29)6-3/h7-8,10-11,13H,4-6,9H2,1-3H3,(H,22,24). The van der Waals surface area contributed by atoms with Crippen molar-refractivity contribution < 1.29 is 8.42 Å².